The molecular weight excluding hydrogens is 271 g/mol. The molecule has 1 heteroatoms. The van der Waals surface area contributed by atoms with Gasteiger partial charge in [0.1, 0.15) is 5.82 Å². The van der Waals surface area contributed by atoms with E-state index in [9.17, 15) is 4.39 Å². The average Bonchev–Trinajstić information content (AvgIpc) is 2.57. The first-order valence-corrected chi connectivity index (χ1v) is 8.62. The molecule has 116 valence electrons. The molecule has 0 unspecified atom stereocenters. The lowest BCUT2D eigenvalue weighted by atomic mass is 9.77. The zero-order valence-corrected chi connectivity index (χ0v) is 13.4. The van der Waals surface area contributed by atoms with Crippen molar-refractivity contribution in [1.82, 2.24) is 0 Å². The van der Waals surface area contributed by atoms with Gasteiger partial charge in [0.05, 0.1) is 0 Å². The van der Waals surface area contributed by atoms with E-state index in [4.69, 9.17) is 0 Å². The molecule has 1 aliphatic rings. The number of halogens is 1. The van der Waals surface area contributed by atoms with Gasteiger partial charge in [0.25, 0.3) is 0 Å². The monoisotopic (exact) mass is 296 g/mol. The number of benzene rings is 2. The van der Waals surface area contributed by atoms with Gasteiger partial charge in [0, 0.05) is 0 Å². The van der Waals surface area contributed by atoms with E-state index in [-0.39, 0.29) is 5.82 Å². The number of hydrogen-bond acceptors (Lipinski definition) is 0. The van der Waals surface area contributed by atoms with Gasteiger partial charge in [-0.2, -0.15) is 0 Å². The van der Waals surface area contributed by atoms with E-state index in [1.165, 1.54) is 61.8 Å². The molecule has 0 bridgehead atoms. The molecule has 0 atom stereocenters. The summed E-state index contributed by atoms with van der Waals surface area (Å²) >= 11 is 0. The third-order valence-electron chi connectivity index (χ3n) is 5.10. The molecule has 1 saturated carbocycles. The molecule has 0 spiro atoms. The molecule has 1 aliphatic carbocycles. The SMILES string of the molecule is CCCC1CCC(c2ccc(-c3ccc(F)cc3)cc2)CC1. The summed E-state index contributed by atoms with van der Waals surface area (Å²) in [5, 5.41) is 0. The van der Waals surface area contributed by atoms with Crippen molar-refractivity contribution < 1.29 is 4.39 Å². The second-order valence-electron chi connectivity index (χ2n) is 6.64. The lowest BCUT2D eigenvalue weighted by molar-refractivity contribution is 0.308. The molecule has 1 fully saturated rings. The molecule has 22 heavy (non-hydrogen) atoms. The summed E-state index contributed by atoms with van der Waals surface area (Å²) in [7, 11) is 0. The van der Waals surface area contributed by atoms with E-state index in [2.05, 4.69) is 31.2 Å². The van der Waals surface area contributed by atoms with Crippen LogP contribution in [0.1, 0.15) is 56.9 Å². The third-order valence-corrected chi connectivity index (χ3v) is 5.10. The van der Waals surface area contributed by atoms with Crippen molar-refractivity contribution in [2.45, 2.75) is 51.4 Å². The minimum Gasteiger partial charge on any atom is -0.207 e. The predicted octanol–water partition coefficient (Wildman–Crippen LogP) is 6.57. The normalized spacial score (nSPS) is 21.7. The summed E-state index contributed by atoms with van der Waals surface area (Å²) in [5.74, 6) is 1.51. The molecule has 0 heterocycles. The van der Waals surface area contributed by atoms with E-state index in [1.807, 2.05) is 12.1 Å². The molecule has 2 aromatic rings. The Kier molecular flexibility index (Phi) is 4.92. The topological polar surface area (TPSA) is 0 Å². The predicted molar refractivity (Wildman–Crippen MR) is 91.4 cm³/mol. The maximum Gasteiger partial charge on any atom is 0.123 e. The van der Waals surface area contributed by atoms with Crippen LogP contribution in [0.3, 0.4) is 0 Å². The highest BCUT2D eigenvalue weighted by atomic mass is 19.1. The van der Waals surface area contributed by atoms with Crippen LogP contribution in [0.25, 0.3) is 11.1 Å². The first-order chi connectivity index (χ1) is 10.8. The number of rotatable bonds is 4. The maximum absolute atomic E-state index is 13.0. The first-order valence-electron chi connectivity index (χ1n) is 8.62. The van der Waals surface area contributed by atoms with Crippen molar-refractivity contribution in [3.8, 4) is 11.1 Å². The minimum absolute atomic E-state index is 0.177. The Morgan fingerprint density at radius 2 is 1.36 bits per heavy atom. The Morgan fingerprint density at radius 3 is 1.91 bits per heavy atom. The molecule has 0 aromatic heterocycles. The molecule has 0 radical (unpaired) electrons. The highest BCUT2D eigenvalue weighted by molar-refractivity contribution is 5.63. The minimum atomic E-state index is -0.177. The largest absolute Gasteiger partial charge is 0.207 e. The smallest absolute Gasteiger partial charge is 0.123 e. The van der Waals surface area contributed by atoms with E-state index < -0.39 is 0 Å². The van der Waals surface area contributed by atoms with Crippen molar-refractivity contribution >= 4 is 0 Å². The van der Waals surface area contributed by atoms with Crippen LogP contribution in [-0.2, 0) is 0 Å². The van der Waals surface area contributed by atoms with Crippen molar-refractivity contribution in [1.29, 1.82) is 0 Å². The van der Waals surface area contributed by atoms with Gasteiger partial charge in [-0.1, -0.05) is 56.2 Å². The molecule has 0 N–H and O–H groups in total. The Hall–Kier alpha value is -1.63. The lowest BCUT2D eigenvalue weighted by Crippen LogP contribution is -2.13. The summed E-state index contributed by atoms with van der Waals surface area (Å²) in [5.41, 5.74) is 3.73. The van der Waals surface area contributed by atoms with Gasteiger partial charge in [-0.15, -0.1) is 0 Å². The second-order valence-corrected chi connectivity index (χ2v) is 6.64. The zero-order valence-electron chi connectivity index (χ0n) is 13.4. The Labute approximate surface area is 133 Å². The van der Waals surface area contributed by atoms with E-state index in [0.29, 0.717) is 0 Å². The summed E-state index contributed by atoms with van der Waals surface area (Å²) in [6.07, 6.45) is 8.16. The molecular formula is C21H25F. The fourth-order valence-electron chi connectivity index (χ4n) is 3.78. The van der Waals surface area contributed by atoms with E-state index >= 15 is 0 Å². The number of hydrogen-bond donors (Lipinski definition) is 0. The van der Waals surface area contributed by atoms with Crippen LogP contribution in [0, 0.1) is 11.7 Å². The molecule has 0 saturated heterocycles. The fourth-order valence-corrected chi connectivity index (χ4v) is 3.78. The Morgan fingerprint density at radius 1 is 0.818 bits per heavy atom. The van der Waals surface area contributed by atoms with Gasteiger partial charge in [0.15, 0.2) is 0 Å². The Bertz CT molecular complexity index is 574. The van der Waals surface area contributed by atoms with Crippen LogP contribution in [0.15, 0.2) is 48.5 Å². The summed E-state index contributed by atoms with van der Waals surface area (Å²) in [6, 6.07) is 15.6. The van der Waals surface area contributed by atoms with Crippen molar-refractivity contribution in [2.75, 3.05) is 0 Å². The highest BCUT2D eigenvalue weighted by Gasteiger charge is 2.21. The lowest BCUT2D eigenvalue weighted by Gasteiger charge is -2.28. The molecule has 2 aromatic carbocycles. The van der Waals surface area contributed by atoms with E-state index in [1.54, 1.807) is 0 Å². The van der Waals surface area contributed by atoms with Crippen molar-refractivity contribution in [3.63, 3.8) is 0 Å². The second kappa shape index (κ2) is 7.09. The van der Waals surface area contributed by atoms with Crippen molar-refractivity contribution in [3.05, 3.63) is 59.9 Å². The standard InChI is InChI=1S/C21H25F/c1-2-3-16-4-6-17(7-5-16)18-8-10-19(11-9-18)20-12-14-21(22)15-13-20/h8-17H,2-7H2,1H3. The average molecular weight is 296 g/mol. The fraction of sp³-hybridized carbons (Fsp3) is 0.429. The van der Waals surface area contributed by atoms with E-state index in [0.717, 1.165) is 17.4 Å². The quantitative estimate of drug-likeness (QED) is 0.598. The summed E-state index contributed by atoms with van der Waals surface area (Å²) in [6.45, 7) is 2.29. The van der Waals surface area contributed by atoms with Gasteiger partial charge in [-0.25, -0.2) is 4.39 Å². The zero-order chi connectivity index (χ0) is 15.4. The van der Waals surface area contributed by atoms with Crippen LogP contribution in [-0.4, -0.2) is 0 Å². The van der Waals surface area contributed by atoms with Crippen LogP contribution >= 0.6 is 0 Å². The van der Waals surface area contributed by atoms with Crippen LogP contribution in [0.4, 0.5) is 4.39 Å². The first kappa shape index (κ1) is 15.3. The van der Waals surface area contributed by atoms with Crippen LogP contribution < -0.4 is 0 Å². The maximum atomic E-state index is 13.0. The molecule has 0 aliphatic heterocycles. The summed E-state index contributed by atoms with van der Waals surface area (Å²) < 4.78 is 13.0. The van der Waals surface area contributed by atoms with Crippen LogP contribution in [0.2, 0.25) is 0 Å². The van der Waals surface area contributed by atoms with Gasteiger partial charge < -0.3 is 0 Å². The molecule has 0 nitrogen and oxygen atoms in total. The molecule has 0 amide bonds. The Balaban J connectivity index is 1.66. The highest BCUT2D eigenvalue weighted by Crippen LogP contribution is 2.37. The van der Waals surface area contributed by atoms with Gasteiger partial charge in [-0.05, 0) is 66.3 Å². The van der Waals surface area contributed by atoms with Crippen molar-refractivity contribution in [2.24, 2.45) is 5.92 Å². The third kappa shape index (κ3) is 3.58. The van der Waals surface area contributed by atoms with Gasteiger partial charge >= 0.3 is 0 Å². The summed E-state index contributed by atoms with van der Waals surface area (Å²) in [4.78, 5) is 0. The van der Waals surface area contributed by atoms with Gasteiger partial charge in [-0.3, -0.25) is 0 Å². The molecule has 3 rings (SSSR count). The van der Waals surface area contributed by atoms with Gasteiger partial charge in [0.2, 0.25) is 0 Å². The van der Waals surface area contributed by atoms with Crippen LogP contribution in [0.5, 0.6) is 0 Å².